The number of benzene rings is 2. The fourth-order valence-corrected chi connectivity index (χ4v) is 2.98. The molecule has 0 bridgehead atoms. The maximum Gasteiger partial charge on any atom is 0.339 e. The van der Waals surface area contributed by atoms with Crippen LogP contribution in [0.25, 0.3) is 6.08 Å². The molecule has 2 aromatic carbocycles. The van der Waals surface area contributed by atoms with Crippen molar-refractivity contribution in [2.75, 3.05) is 13.7 Å². The van der Waals surface area contributed by atoms with Crippen LogP contribution in [0.4, 0.5) is 0 Å². The van der Waals surface area contributed by atoms with Crippen molar-refractivity contribution in [2.24, 2.45) is 0 Å². The van der Waals surface area contributed by atoms with E-state index in [-0.39, 0.29) is 23.0 Å². The summed E-state index contributed by atoms with van der Waals surface area (Å²) in [5.41, 5.74) is 1.48. The van der Waals surface area contributed by atoms with E-state index in [1.165, 1.54) is 37.5 Å². The molecule has 0 saturated heterocycles. The Balaban J connectivity index is 2.21. The fraction of sp³-hybridized carbons (Fsp3) is 0.158. The van der Waals surface area contributed by atoms with E-state index in [2.05, 4.69) is 4.74 Å². The maximum atomic E-state index is 12.4. The molecule has 0 spiro atoms. The van der Waals surface area contributed by atoms with Gasteiger partial charge in [-0.1, -0.05) is 23.8 Å². The molecule has 0 aliphatic rings. The highest BCUT2D eigenvalue weighted by Gasteiger charge is 2.19. The Morgan fingerprint density at radius 2 is 1.85 bits per heavy atom. The van der Waals surface area contributed by atoms with Gasteiger partial charge in [-0.05, 0) is 42.8 Å². The highest BCUT2D eigenvalue weighted by molar-refractivity contribution is 7.87. The number of ether oxygens (including phenoxy) is 2. The number of aryl methyl sites for hydroxylation is 1. The molecule has 0 radical (unpaired) electrons. The molecule has 0 N–H and O–H groups in total. The number of hydrogen-bond donors (Lipinski definition) is 0. The van der Waals surface area contributed by atoms with Gasteiger partial charge in [-0.15, -0.1) is 0 Å². The van der Waals surface area contributed by atoms with Gasteiger partial charge in [0.2, 0.25) is 0 Å². The van der Waals surface area contributed by atoms with Crippen LogP contribution in [0.15, 0.2) is 53.4 Å². The van der Waals surface area contributed by atoms with Crippen LogP contribution in [0.3, 0.4) is 0 Å². The van der Waals surface area contributed by atoms with Crippen molar-refractivity contribution in [3.8, 4) is 17.6 Å². The molecule has 0 saturated carbocycles. The van der Waals surface area contributed by atoms with Crippen LogP contribution in [0.2, 0.25) is 0 Å². The van der Waals surface area contributed by atoms with Crippen LogP contribution >= 0.6 is 0 Å². The second-order valence-corrected chi connectivity index (χ2v) is 6.91. The second-order valence-electron chi connectivity index (χ2n) is 5.36. The third-order valence-electron chi connectivity index (χ3n) is 3.39. The van der Waals surface area contributed by atoms with Gasteiger partial charge in [0.25, 0.3) is 0 Å². The van der Waals surface area contributed by atoms with Gasteiger partial charge in [-0.2, -0.15) is 13.7 Å². The Kier molecular flexibility index (Phi) is 6.57. The quantitative estimate of drug-likeness (QED) is 0.409. The number of carbonyl (C=O) groups is 1. The summed E-state index contributed by atoms with van der Waals surface area (Å²) in [5, 5.41) is 8.36. The SMILES string of the molecule is COc1cc(/C=C/C(=O)OCC#N)ccc1OS(=O)(=O)c1ccc(C)cc1. The minimum absolute atomic E-state index is 0.0160. The molecule has 7 nitrogen and oxygen atoms in total. The summed E-state index contributed by atoms with van der Waals surface area (Å²) in [4.78, 5) is 11.4. The zero-order valence-corrected chi connectivity index (χ0v) is 15.5. The molecule has 2 rings (SSSR count). The lowest BCUT2D eigenvalue weighted by Gasteiger charge is -2.11. The van der Waals surface area contributed by atoms with E-state index >= 15 is 0 Å². The summed E-state index contributed by atoms with van der Waals surface area (Å²) in [6, 6.07) is 12.4. The minimum atomic E-state index is -4.01. The number of esters is 1. The Morgan fingerprint density at radius 3 is 2.48 bits per heavy atom. The van der Waals surface area contributed by atoms with Gasteiger partial charge in [-0.3, -0.25) is 0 Å². The number of nitrogens with zero attached hydrogens (tertiary/aromatic N) is 1. The Hall–Kier alpha value is -3.31. The number of carbonyl (C=O) groups excluding carboxylic acids is 1. The van der Waals surface area contributed by atoms with Gasteiger partial charge >= 0.3 is 16.1 Å². The molecule has 0 amide bonds. The van der Waals surface area contributed by atoms with Crippen molar-refractivity contribution < 1.29 is 26.9 Å². The average Bonchev–Trinajstić information content (AvgIpc) is 2.65. The van der Waals surface area contributed by atoms with Crippen LogP contribution in [-0.4, -0.2) is 28.1 Å². The van der Waals surface area contributed by atoms with Gasteiger partial charge in [0, 0.05) is 6.08 Å². The molecule has 27 heavy (non-hydrogen) atoms. The van der Waals surface area contributed by atoms with E-state index in [1.807, 2.05) is 6.92 Å². The predicted molar refractivity (Wildman–Crippen MR) is 97.6 cm³/mol. The second kappa shape index (κ2) is 8.87. The summed E-state index contributed by atoms with van der Waals surface area (Å²) in [7, 11) is -2.64. The molecule has 8 heteroatoms. The van der Waals surface area contributed by atoms with Crippen molar-refractivity contribution in [2.45, 2.75) is 11.8 Å². The summed E-state index contributed by atoms with van der Waals surface area (Å²) >= 11 is 0. The van der Waals surface area contributed by atoms with Crippen LogP contribution < -0.4 is 8.92 Å². The molecule has 140 valence electrons. The van der Waals surface area contributed by atoms with Gasteiger partial charge in [0.05, 0.1) is 7.11 Å². The molecule has 0 aliphatic carbocycles. The monoisotopic (exact) mass is 387 g/mol. The van der Waals surface area contributed by atoms with E-state index in [0.29, 0.717) is 5.56 Å². The first-order chi connectivity index (χ1) is 12.9. The normalized spacial score (nSPS) is 11.0. The van der Waals surface area contributed by atoms with E-state index in [4.69, 9.17) is 14.2 Å². The average molecular weight is 387 g/mol. The lowest BCUT2D eigenvalue weighted by atomic mass is 10.2. The van der Waals surface area contributed by atoms with Crippen molar-refractivity contribution in [1.82, 2.24) is 0 Å². The van der Waals surface area contributed by atoms with Crippen molar-refractivity contribution >= 4 is 22.2 Å². The largest absolute Gasteiger partial charge is 0.493 e. The van der Waals surface area contributed by atoms with Crippen molar-refractivity contribution in [1.29, 1.82) is 5.26 Å². The number of rotatable bonds is 7. The van der Waals surface area contributed by atoms with E-state index in [0.717, 1.165) is 11.6 Å². The van der Waals surface area contributed by atoms with Crippen molar-refractivity contribution in [3.63, 3.8) is 0 Å². The highest BCUT2D eigenvalue weighted by Crippen LogP contribution is 2.31. The zero-order valence-electron chi connectivity index (χ0n) is 14.7. The molecular formula is C19H17NO6S. The Labute approximate surface area is 157 Å². The lowest BCUT2D eigenvalue weighted by molar-refractivity contribution is -0.136. The van der Waals surface area contributed by atoms with Crippen molar-refractivity contribution in [3.05, 3.63) is 59.7 Å². The first-order valence-electron chi connectivity index (χ1n) is 7.76. The molecule has 0 heterocycles. The molecule has 0 aliphatic heterocycles. The molecule has 0 fully saturated rings. The van der Waals surface area contributed by atoms with Crippen LogP contribution in [-0.2, 0) is 19.6 Å². The summed E-state index contributed by atoms with van der Waals surface area (Å²) < 4.78 is 39.8. The standard InChI is InChI=1S/C19H17NO6S/c1-14-3-7-16(8-4-14)27(22,23)26-17-9-5-15(13-18(17)24-2)6-10-19(21)25-12-11-20/h3-10,13H,12H2,1-2H3/b10-6+. The summed E-state index contributed by atoms with van der Waals surface area (Å²) in [6.07, 6.45) is 2.59. The topological polar surface area (TPSA) is 103 Å². The third kappa shape index (κ3) is 5.59. The lowest BCUT2D eigenvalue weighted by Crippen LogP contribution is -2.10. The van der Waals surface area contributed by atoms with E-state index in [9.17, 15) is 13.2 Å². The summed E-state index contributed by atoms with van der Waals surface area (Å²) in [5.74, 6) is -0.474. The molecule has 0 unspecified atom stereocenters. The summed E-state index contributed by atoms with van der Waals surface area (Å²) in [6.45, 7) is 1.51. The first-order valence-corrected chi connectivity index (χ1v) is 9.17. The molecule has 0 aromatic heterocycles. The third-order valence-corrected chi connectivity index (χ3v) is 4.64. The maximum absolute atomic E-state index is 12.4. The van der Waals surface area contributed by atoms with Gasteiger partial charge in [0.1, 0.15) is 11.0 Å². The number of methoxy groups -OCH3 is 1. The Morgan fingerprint density at radius 1 is 1.15 bits per heavy atom. The van der Waals surface area contributed by atoms with Gasteiger partial charge in [0.15, 0.2) is 18.1 Å². The smallest absolute Gasteiger partial charge is 0.339 e. The predicted octanol–water partition coefficient (Wildman–Crippen LogP) is 2.85. The van der Waals surface area contributed by atoms with E-state index < -0.39 is 16.1 Å². The van der Waals surface area contributed by atoms with Crippen LogP contribution in [0.1, 0.15) is 11.1 Å². The van der Waals surface area contributed by atoms with Crippen LogP contribution in [0, 0.1) is 18.3 Å². The number of nitriles is 1. The zero-order chi connectivity index (χ0) is 19.9. The highest BCUT2D eigenvalue weighted by atomic mass is 32.2. The molecule has 2 aromatic rings. The fourth-order valence-electron chi connectivity index (χ4n) is 2.04. The van der Waals surface area contributed by atoms with Gasteiger partial charge in [-0.25, -0.2) is 4.79 Å². The minimum Gasteiger partial charge on any atom is -0.493 e. The van der Waals surface area contributed by atoms with Crippen LogP contribution in [0.5, 0.6) is 11.5 Å². The Bertz CT molecular complexity index is 988. The van der Waals surface area contributed by atoms with Gasteiger partial charge < -0.3 is 13.7 Å². The van der Waals surface area contributed by atoms with E-state index in [1.54, 1.807) is 24.3 Å². The number of hydrogen-bond acceptors (Lipinski definition) is 7. The molecular weight excluding hydrogens is 370 g/mol. The molecule has 0 atom stereocenters. The first kappa shape index (κ1) is 20.0.